The number of halogens is 5. The number of unbranched alkanes of at least 4 members (excludes halogenated alkanes) is 1. The third-order valence-electron chi connectivity index (χ3n) is 6.43. The zero-order chi connectivity index (χ0) is 29.7. The van der Waals surface area contributed by atoms with Gasteiger partial charge in [-0.1, -0.05) is 51.0 Å². The SMILES string of the molecule is CCCCc1nc(C)c(C(F)(F)C(F)(F)F)c(=O)n1Cc1ccc(OCc2ccc(C(=O)O)cc2)c(CCC)c1. The summed E-state index contributed by atoms with van der Waals surface area (Å²) < 4.78 is 75.2. The van der Waals surface area contributed by atoms with E-state index in [1.54, 1.807) is 30.3 Å². The summed E-state index contributed by atoms with van der Waals surface area (Å²) in [5.41, 5.74) is -1.53. The second kappa shape index (κ2) is 12.6. The van der Waals surface area contributed by atoms with E-state index in [4.69, 9.17) is 9.84 Å². The molecule has 3 rings (SSSR count). The van der Waals surface area contributed by atoms with Crippen LogP contribution < -0.4 is 10.3 Å². The van der Waals surface area contributed by atoms with Crippen molar-refractivity contribution in [2.45, 2.75) is 78.1 Å². The molecule has 0 amide bonds. The first-order valence-electron chi connectivity index (χ1n) is 12.9. The number of benzene rings is 2. The lowest BCUT2D eigenvalue weighted by molar-refractivity contribution is -0.290. The fourth-order valence-electron chi connectivity index (χ4n) is 4.33. The first-order chi connectivity index (χ1) is 18.8. The lowest BCUT2D eigenvalue weighted by atomic mass is 10.0. The summed E-state index contributed by atoms with van der Waals surface area (Å²) >= 11 is 0. The van der Waals surface area contributed by atoms with E-state index in [1.807, 2.05) is 13.8 Å². The van der Waals surface area contributed by atoms with Crippen molar-refractivity contribution in [3.63, 3.8) is 0 Å². The molecule has 0 aliphatic carbocycles. The Labute approximate surface area is 228 Å². The fourth-order valence-corrected chi connectivity index (χ4v) is 4.33. The Kier molecular flexibility index (Phi) is 9.70. The number of carboxylic acid groups (broad SMARTS) is 1. The Morgan fingerprint density at radius 2 is 1.62 bits per heavy atom. The van der Waals surface area contributed by atoms with Gasteiger partial charge in [0.25, 0.3) is 5.56 Å². The molecule has 3 aromatic rings. The minimum Gasteiger partial charge on any atom is -0.489 e. The van der Waals surface area contributed by atoms with Crippen molar-refractivity contribution in [2.75, 3.05) is 0 Å². The van der Waals surface area contributed by atoms with Crippen molar-refractivity contribution in [1.82, 2.24) is 9.55 Å². The van der Waals surface area contributed by atoms with Gasteiger partial charge in [-0.15, -0.1) is 0 Å². The summed E-state index contributed by atoms with van der Waals surface area (Å²) in [4.78, 5) is 28.2. The van der Waals surface area contributed by atoms with E-state index in [2.05, 4.69) is 4.98 Å². The summed E-state index contributed by atoms with van der Waals surface area (Å²) in [5, 5.41) is 9.05. The Bertz CT molecular complexity index is 1400. The predicted octanol–water partition coefficient (Wildman–Crippen LogP) is 6.83. The number of rotatable bonds is 12. The van der Waals surface area contributed by atoms with Crippen molar-refractivity contribution >= 4 is 5.97 Å². The summed E-state index contributed by atoms with van der Waals surface area (Å²) in [6, 6.07) is 11.2. The molecule has 0 saturated carbocycles. The zero-order valence-electron chi connectivity index (χ0n) is 22.4. The van der Waals surface area contributed by atoms with Crippen molar-refractivity contribution in [3.05, 3.63) is 92.2 Å². The highest BCUT2D eigenvalue weighted by molar-refractivity contribution is 5.87. The van der Waals surface area contributed by atoms with Gasteiger partial charge in [-0.3, -0.25) is 9.36 Å². The van der Waals surface area contributed by atoms with E-state index in [0.29, 0.717) is 30.6 Å². The van der Waals surface area contributed by atoms with E-state index >= 15 is 0 Å². The lowest BCUT2D eigenvalue weighted by Gasteiger charge is -2.23. The Hall–Kier alpha value is -3.76. The van der Waals surface area contributed by atoms with Crippen molar-refractivity contribution in [3.8, 4) is 5.75 Å². The van der Waals surface area contributed by atoms with Crippen LogP contribution >= 0.6 is 0 Å². The number of carboxylic acids is 1. The van der Waals surface area contributed by atoms with Crippen molar-refractivity contribution in [2.24, 2.45) is 0 Å². The molecule has 40 heavy (non-hydrogen) atoms. The lowest BCUT2D eigenvalue weighted by Crippen LogP contribution is -2.42. The number of aromatic carboxylic acids is 1. The van der Waals surface area contributed by atoms with Gasteiger partial charge >= 0.3 is 18.1 Å². The van der Waals surface area contributed by atoms with Gasteiger partial charge in [0.05, 0.1) is 17.8 Å². The number of hydrogen-bond donors (Lipinski definition) is 1. The average molecular weight is 567 g/mol. The van der Waals surface area contributed by atoms with Crippen LogP contribution in [-0.4, -0.2) is 26.8 Å². The van der Waals surface area contributed by atoms with Gasteiger partial charge in [0.15, 0.2) is 0 Å². The van der Waals surface area contributed by atoms with Gasteiger partial charge < -0.3 is 9.84 Å². The highest BCUT2D eigenvalue weighted by Gasteiger charge is 2.61. The highest BCUT2D eigenvalue weighted by atomic mass is 19.4. The van der Waals surface area contributed by atoms with Crippen LogP contribution in [0.5, 0.6) is 5.75 Å². The molecule has 6 nitrogen and oxygen atoms in total. The standard InChI is InChI=1S/C29H31F5N2O4/c1-4-6-8-24-35-18(3)25(28(30,31)29(32,33)34)26(37)36(24)16-20-11-14-23(22(15-20)7-5-2)40-17-19-9-12-21(13-10-19)27(38)39/h9-15H,4-8,16-17H2,1-3H3,(H,38,39). The molecule has 216 valence electrons. The van der Waals surface area contributed by atoms with Gasteiger partial charge in [0, 0.05) is 6.42 Å². The molecule has 0 aliphatic heterocycles. The normalized spacial score (nSPS) is 12.0. The monoisotopic (exact) mass is 566 g/mol. The number of hydrogen-bond acceptors (Lipinski definition) is 4. The molecule has 0 fully saturated rings. The van der Waals surface area contributed by atoms with Crippen molar-refractivity contribution in [1.29, 1.82) is 0 Å². The van der Waals surface area contributed by atoms with E-state index in [0.717, 1.165) is 29.0 Å². The third-order valence-corrected chi connectivity index (χ3v) is 6.43. The molecular formula is C29H31F5N2O4. The Balaban J connectivity index is 1.97. The molecule has 1 heterocycles. The summed E-state index contributed by atoms with van der Waals surface area (Å²) in [5.74, 6) is -5.70. The molecule has 0 radical (unpaired) electrons. The van der Waals surface area contributed by atoms with Crippen LogP contribution in [0.25, 0.3) is 0 Å². The molecule has 0 atom stereocenters. The summed E-state index contributed by atoms with van der Waals surface area (Å²) in [7, 11) is 0. The molecule has 1 N–H and O–H groups in total. The van der Waals surface area contributed by atoms with Gasteiger partial charge in [-0.05, 0) is 54.7 Å². The second-order valence-electron chi connectivity index (χ2n) is 9.54. The van der Waals surface area contributed by atoms with Crippen LogP contribution in [0.2, 0.25) is 0 Å². The molecule has 1 aromatic heterocycles. The maximum atomic E-state index is 14.4. The van der Waals surface area contributed by atoms with Crippen molar-refractivity contribution < 1.29 is 36.6 Å². The molecule has 0 spiro atoms. The summed E-state index contributed by atoms with van der Waals surface area (Å²) in [6.45, 7) is 4.76. The van der Waals surface area contributed by atoms with Crippen LogP contribution in [-0.2, 0) is 31.9 Å². The molecule has 0 bridgehead atoms. The molecule has 0 unspecified atom stereocenters. The molecule has 0 aliphatic rings. The summed E-state index contributed by atoms with van der Waals surface area (Å²) in [6.07, 6.45) is -3.09. The van der Waals surface area contributed by atoms with E-state index < -0.39 is 34.9 Å². The largest absolute Gasteiger partial charge is 0.489 e. The number of ether oxygens (including phenoxy) is 1. The molecule has 11 heteroatoms. The smallest absolute Gasteiger partial charge is 0.458 e. The number of nitrogens with zero attached hydrogens (tertiary/aromatic N) is 2. The maximum absolute atomic E-state index is 14.4. The number of aromatic nitrogens is 2. The van der Waals surface area contributed by atoms with Crippen LogP contribution in [0, 0.1) is 6.92 Å². The van der Waals surface area contributed by atoms with Crippen LogP contribution in [0.1, 0.15) is 77.2 Å². The first-order valence-corrected chi connectivity index (χ1v) is 12.9. The van der Waals surface area contributed by atoms with Gasteiger partial charge in [-0.2, -0.15) is 22.0 Å². The number of alkyl halides is 5. The molecular weight excluding hydrogens is 535 g/mol. The first kappa shape index (κ1) is 30.8. The van der Waals surface area contributed by atoms with Gasteiger partial charge in [-0.25, -0.2) is 9.78 Å². The molecule has 0 saturated heterocycles. The predicted molar refractivity (Wildman–Crippen MR) is 139 cm³/mol. The minimum atomic E-state index is -5.94. The van der Waals surface area contributed by atoms with E-state index in [1.165, 1.54) is 12.1 Å². The zero-order valence-corrected chi connectivity index (χ0v) is 22.4. The minimum absolute atomic E-state index is 0.147. The second-order valence-corrected chi connectivity index (χ2v) is 9.54. The topological polar surface area (TPSA) is 81.4 Å². The number of aryl methyl sites for hydroxylation is 3. The number of carbonyl (C=O) groups is 1. The van der Waals surface area contributed by atoms with E-state index in [9.17, 15) is 31.5 Å². The maximum Gasteiger partial charge on any atom is 0.458 e. The van der Waals surface area contributed by atoms with Gasteiger partial charge in [0.1, 0.15) is 23.7 Å². The third kappa shape index (κ3) is 6.86. The molecule has 2 aromatic carbocycles. The van der Waals surface area contributed by atoms with Crippen LogP contribution in [0.3, 0.4) is 0 Å². The highest BCUT2D eigenvalue weighted by Crippen LogP contribution is 2.43. The van der Waals surface area contributed by atoms with E-state index in [-0.39, 0.29) is 31.0 Å². The Morgan fingerprint density at radius 1 is 0.975 bits per heavy atom. The van der Waals surface area contributed by atoms with Gasteiger partial charge in [0.2, 0.25) is 0 Å². The Morgan fingerprint density at radius 3 is 2.20 bits per heavy atom. The van der Waals surface area contributed by atoms with Crippen LogP contribution in [0.15, 0.2) is 47.3 Å². The fraction of sp³-hybridized carbons (Fsp3) is 0.414. The average Bonchev–Trinajstić information content (AvgIpc) is 2.88. The van der Waals surface area contributed by atoms with Crippen LogP contribution in [0.4, 0.5) is 22.0 Å². The quantitative estimate of drug-likeness (QED) is 0.243.